The van der Waals surface area contributed by atoms with E-state index in [4.69, 9.17) is 13.3 Å². The molecule has 0 spiro atoms. The second-order valence-corrected chi connectivity index (χ2v) is 4.63. The summed E-state index contributed by atoms with van der Waals surface area (Å²) in [5.41, 5.74) is 2.67. The van der Waals surface area contributed by atoms with Gasteiger partial charge in [0.1, 0.15) is 21.4 Å². The van der Waals surface area contributed by atoms with E-state index < -0.39 is 6.04 Å². The Bertz CT molecular complexity index is 889. The lowest BCUT2D eigenvalue weighted by molar-refractivity contribution is 0.594. The summed E-state index contributed by atoms with van der Waals surface area (Å²) in [5.74, 6) is 0. The molecule has 0 atom stereocenters. The molecule has 5 nitrogen and oxygen atoms in total. The van der Waals surface area contributed by atoms with Gasteiger partial charge in [-0.05, 0) is 35.4 Å². The van der Waals surface area contributed by atoms with Gasteiger partial charge in [0.2, 0.25) is 0 Å². The summed E-state index contributed by atoms with van der Waals surface area (Å²) in [5, 5.41) is 21.9. The summed E-state index contributed by atoms with van der Waals surface area (Å²) >= 11 is 0. The standard InChI is InChI=1S/C17H11N5/c18-9-13-1-5-15(6-2-13)17(22-12-20-11-21-22)16-7-3-14(10-19)4-8-16/h1-8,11-12,17H/i11D,12D. The maximum atomic E-state index is 8.94. The van der Waals surface area contributed by atoms with Crippen LogP contribution in [0.3, 0.4) is 0 Å². The van der Waals surface area contributed by atoms with Gasteiger partial charge in [0.25, 0.3) is 0 Å². The third-order valence-corrected chi connectivity index (χ3v) is 3.31. The van der Waals surface area contributed by atoms with Crippen molar-refractivity contribution in [2.75, 3.05) is 0 Å². The Morgan fingerprint density at radius 2 is 1.41 bits per heavy atom. The van der Waals surface area contributed by atoms with Gasteiger partial charge in [-0.1, -0.05) is 24.3 Å². The van der Waals surface area contributed by atoms with E-state index in [2.05, 4.69) is 22.2 Å². The molecule has 0 saturated heterocycles. The van der Waals surface area contributed by atoms with Gasteiger partial charge >= 0.3 is 0 Å². The molecule has 22 heavy (non-hydrogen) atoms. The highest BCUT2D eigenvalue weighted by molar-refractivity contribution is 5.40. The molecule has 0 bridgehead atoms. The van der Waals surface area contributed by atoms with Crippen LogP contribution >= 0.6 is 0 Å². The van der Waals surface area contributed by atoms with E-state index in [-0.39, 0.29) is 12.6 Å². The highest BCUT2D eigenvalue weighted by Crippen LogP contribution is 2.26. The first kappa shape index (κ1) is 11.2. The Morgan fingerprint density at radius 1 is 0.909 bits per heavy atom. The minimum absolute atomic E-state index is 0.126. The van der Waals surface area contributed by atoms with Crippen LogP contribution in [0, 0.1) is 22.7 Å². The lowest BCUT2D eigenvalue weighted by Gasteiger charge is -2.18. The molecule has 2 aromatic carbocycles. The van der Waals surface area contributed by atoms with Gasteiger partial charge in [-0.15, -0.1) is 0 Å². The molecule has 0 radical (unpaired) electrons. The van der Waals surface area contributed by atoms with Gasteiger partial charge in [0.05, 0.1) is 23.3 Å². The summed E-state index contributed by atoms with van der Waals surface area (Å²) in [7, 11) is 0. The smallest absolute Gasteiger partial charge is 0.137 e. The maximum Gasteiger partial charge on any atom is 0.137 e. The first-order valence-corrected chi connectivity index (χ1v) is 6.52. The van der Waals surface area contributed by atoms with E-state index in [9.17, 15) is 0 Å². The molecule has 0 aliphatic heterocycles. The second-order valence-electron chi connectivity index (χ2n) is 4.63. The molecule has 0 amide bonds. The van der Waals surface area contributed by atoms with E-state index in [1.165, 1.54) is 4.68 Å². The molecule has 0 N–H and O–H groups in total. The average molecular weight is 287 g/mol. The van der Waals surface area contributed by atoms with Gasteiger partial charge in [-0.3, -0.25) is 0 Å². The molecule has 0 saturated carbocycles. The molecule has 0 aliphatic carbocycles. The average Bonchev–Trinajstić information content (AvgIpc) is 2.94. The van der Waals surface area contributed by atoms with Crippen molar-refractivity contribution in [3.63, 3.8) is 0 Å². The predicted octanol–water partition coefficient (Wildman–Crippen LogP) is 2.66. The van der Waals surface area contributed by atoms with Crippen LogP contribution in [-0.4, -0.2) is 14.8 Å². The van der Waals surface area contributed by atoms with Crippen molar-refractivity contribution >= 4 is 0 Å². The minimum Gasteiger partial charge on any atom is -0.241 e. The molecule has 1 aromatic heterocycles. The lowest BCUT2D eigenvalue weighted by Crippen LogP contribution is -2.13. The SMILES string of the molecule is [2H]c1nc([2H])n(C(c2ccc(C#N)cc2)c2ccc(C#N)cc2)n1. The maximum absolute atomic E-state index is 8.94. The summed E-state index contributed by atoms with van der Waals surface area (Å²) in [6.45, 7) is 0. The lowest BCUT2D eigenvalue weighted by atomic mass is 9.97. The van der Waals surface area contributed by atoms with Crippen molar-refractivity contribution in [2.24, 2.45) is 0 Å². The fourth-order valence-electron chi connectivity index (χ4n) is 2.24. The zero-order chi connectivity index (χ0) is 17.1. The van der Waals surface area contributed by atoms with Gasteiger partial charge in [-0.2, -0.15) is 15.6 Å². The van der Waals surface area contributed by atoms with E-state index in [0.29, 0.717) is 11.1 Å². The van der Waals surface area contributed by atoms with Crippen LogP contribution in [0.5, 0.6) is 0 Å². The van der Waals surface area contributed by atoms with Crippen LogP contribution in [0.15, 0.2) is 61.1 Å². The molecule has 1 heterocycles. The van der Waals surface area contributed by atoms with Crippen molar-refractivity contribution in [3.05, 3.63) is 83.4 Å². The number of nitrogens with zero attached hydrogens (tertiary/aromatic N) is 5. The van der Waals surface area contributed by atoms with Crippen molar-refractivity contribution in [1.82, 2.24) is 14.8 Å². The zero-order valence-electron chi connectivity index (χ0n) is 13.4. The Kier molecular flexibility index (Phi) is 3.02. The van der Waals surface area contributed by atoms with Crippen molar-refractivity contribution in [3.8, 4) is 12.1 Å². The Labute approximate surface area is 130 Å². The first-order valence-electron chi connectivity index (χ1n) is 7.52. The molecule has 3 rings (SSSR count). The van der Waals surface area contributed by atoms with E-state index in [1.54, 1.807) is 48.5 Å². The highest BCUT2D eigenvalue weighted by Gasteiger charge is 2.17. The predicted molar refractivity (Wildman–Crippen MR) is 79.6 cm³/mol. The molecule has 0 unspecified atom stereocenters. The van der Waals surface area contributed by atoms with Gasteiger partial charge in [0.15, 0.2) is 0 Å². The molecule has 104 valence electrons. The molecule has 3 aromatic rings. The van der Waals surface area contributed by atoms with Crippen molar-refractivity contribution in [2.45, 2.75) is 6.04 Å². The molecule has 5 heteroatoms. The van der Waals surface area contributed by atoms with Crippen LogP contribution in [0.2, 0.25) is 0 Å². The molecular weight excluding hydrogens is 274 g/mol. The topological polar surface area (TPSA) is 78.3 Å². The molecule has 0 fully saturated rings. The number of rotatable bonds is 3. The third-order valence-electron chi connectivity index (χ3n) is 3.31. The Balaban J connectivity index is 2.14. The van der Waals surface area contributed by atoms with Crippen molar-refractivity contribution < 1.29 is 2.74 Å². The van der Waals surface area contributed by atoms with Crippen molar-refractivity contribution in [1.29, 1.82) is 10.5 Å². The second kappa shape index (κ2) is 5.90. The number of hydrogen-bond donors (Lipinski definition) is 0. The van der Waals surface area contributed by atoms with E-state index in [1.807, 2.05) is 0 Å². The zero-order valence-corrected chi connectivity index (χ0v) is 11.4. The number of aromatic nitrogens is 3. The van der Waals surface area contributed by atoms with Gasteiger partial charge < -0.3 is 0 Å². The molecular formula is C17H11N5. The van der Waals surface area contributed by atoms with Gasteiger partial charge in [-0.25, -0.2) is 9.67 Å². The van der Waals surface area contributed by atoms with Gasteiger partial charge in [0, 0.05) is 0 Å². The number of benzene rings is 2. The van der Waals surface area contributed by atoms with Crippen LogP contribution in [0.4, 0.5) is 0 Å². The fraction of sp³-hybridized carbons (Fsp3) is 0.0588. The van der Waals surface area contributed by atoms with E-state index >= 15 is 0 Å². The minimum atomic E-state index is -0.468. The quantitative estimate of drug-likeness (QED) is 0.742. The monoisotopic (exact) mass is 287 g/mol. The van der Waals surface area contributed by atoms with Crippen LogP contribution in [-0.2, 0) is 0 Å². The van der Waals surface area contributed by atoms with Crippen LogP contribution in [0.1, 0.15) is 31.0 Å². The first-order chi connectivity index (χ1) is 11.6. The summed E-state index contributed by atoms with van der Waals surface area (Å²) in [6, 6.07) is 17.6. The Hall–Kier alpha value is -3.44. The molecule has 0 aliphatic rings. The van der Waals surface area contributed by atoms with Crippen LogP contribution in [0.25, 0.3) is 0 Å². The summed E-state index contributed by atoms with van der Waals surface area (Å²) in [4.78, 5) is 3.73. The number of nitriles is 2. The highest BCUT2D eigenvalue weighted by atomic mass is 15.3. The van der Waals surface area contributed by atoms with E-state index in [0.717, 1.165) is 11.1 Å². The summed E-state index contributed by atoms with van der Waals surface area (Å²) in [6.07, 6.45) is -0.356. The Morgan fingerprint density at radius 3 is 1.77 bits per heavy atom. The normalized spacial score (nSPS) is 11.4. The summed E-state index contributed by atoms with van der Waals surface area (Å²) < 4.78 is 16.8. The third kappa shape index (κ3) is 2.56. The number of hydrogen-bond acceptors (Lipinski definition) is 4. The van der Waals surface area contributed by atoms with Crippen LogP contribution < -0.4 is 0 Å². The largest absolute Gasteiger partial charge is 0.241 e. The fourth-order valence-corrected chi connectivity index (χ4v) is 2.24.